The molecule has 122 valence electrons. The zero-order valence-corrected chi connectivity index (χ0v) is 14.2. The number of hydrogen-bond acceptors (Lipinski definition) is 2. The van der Waals surface area contributed by atoms with Gasteiger partial charge in [0.2, 0.25) is 0 Å². The molecule has 1 aromatic carbocycles. The molecule has 0 unspecified atom stereocenters. The summed E-state index contributed by atoms with van der Waals surface area (Å²) < 4.78 is 1.96. The fourth-order valence-electron chi connectivity index (χ4n) is 3.73. The van der Waals surface area contributed by atoms with E-state index in [1.165, 1.54) is 19.3 Å². The molecule has 1 aliphatic rings. The molecule has 0 atom stereocenters. The molecule has 0 bridgehead atoms. The summed E-state index contributed by atoms with van der Waals surface area (Å²) in [6, 6.07) is 13.9. The van der Waals surface area contributed by atoms with Gasteiger partial charge in [0.05, 0.1) is 5.52 Å². The van der Waals surface area contributed by atoms with Crippen molar-refractivity contribution in [1.82, 2.24) is 9.55 Å². The van der Waals surface area contributed by atoms with E-state index in [9.17, 15) is 4.79 Å². The van der Waals surface area contributed by atoms with Gasteiger partial charge in [-0.2, -0.15) is 0 Å². The smallest absolute Gasteiger partial charge is 0.259 e. The molecule has 2 heterocycles. The third kappa shape index (κ3) is 2.73. The Morgan fingerprint density at radius 3 is 2.54 bits per heavy atom. The fourth-order valence-corrected chi connectivity index (χ4v) is 3.89. The number of benzene rings is 1. The molecule has 0 radical (unpaired) electrons. The van der Waals surface area contributed by atoms with Crippen LogP contribution in [0.2, 0.25) is 5.15 Å². The number of pyridine rings is 2. The summed E-state index contributed by atoms with van der Waals surface area (Å²) in [6.45, 7) is 0. The summed E-state index contributed by atoms with van der Waals surface area (Å²) in [5.74, 6) is 0. The first-order valence-corrected chi connectivity index (χ1v) is 8.88. The standard InChI is InChI=1S/C20H19ClN2O/c21-19-12-18-15(13-22-19)11-17(14-7-3-1-4-8-14)20(24)23(18)16-9-5-2-6-10-16/h1,3-4,7-8,11-13,16H,2,5-6,9-10H2. The minimum absolute atomic E-state index is 0.0721. The summed E-state index contributed by atoms with van der Waals surface area (Å²) >= 11 is 6.11. The van der Waals surface area contributed by atoms with Gasteiger partial charge in [-0.05, 0) is 30.5 Å². The van der Waals surface area contributed by atoms with Gasteiger partial charge in [0.1, 0.15) is 5.15 Å². The molecule has 1 saturated carbocycles. The Labute approximate surface area is 145 Å². The lowest BCUT2D eigenvalue weighted by molar-refractivity contribution is 0.354. The number of fused-ring (bicyclic) bond motifs is 1. The average molecular weight is 339 g/mol. The highest BCUT2D eigenvalue weighted by Crippen LogP contribution is 2.31. The van der Waals surface area contributed by atoms with Crippen LogP contribution < -0.4 is 5.56 Å². The molecule has 1 aliphatic carbocycles. The molecule has 3 nitrogen and oxygen atoms in total. The number of rotatable bonds is 2. The monoisotopic (exact) mass is 338 g/mol. The largest absolute Gasteiger partial charge is 0.305 e. The maximum atomic E-state index is 13.3. The molecule has 3 aromatic rings. The van der Waals surface area contributed by atoms with E-state index < -0.39 is 0 Å². The Hall–Kier alpha value is -2.13. The van der Waals surface area contributed by atoms with Gasteiger partial charge in [-0.25, -0.2) is 4.98 Å². The number of halogens is 1. The van der Waals surface area contributed by atoms with Crippen LogP contribution in [-0.2, 0) is 0 Å². The third-order valence-electron chi connectivity index (χ3n) is 4.91. The normalized spacial score (nSPS) is 15.7. The molecular weight excluding hydrogens is 320 g/mol. The Bertz CT molecular complexity index is 928. The summed E-state index contributed by atoms with van der Waals surface area (Å²) in [6.07, 6.45) is 7.47. The zero-order valence-electron chi connectivity index (χ0n) is 13.4. The molecule has 0 saturated heterocycles. The fraction of sp³-hybridized carbons (Fsp3) is 0.300. The minimum Gasteiger partial charge on any atom is -0.305 e. The summed E-state index contributed by atoms with van der Waals surface area (Å²) in [4.78, 5) is 17.5. The van der Waals surface area contributed by atoms with Crippen molar-refractivity contribution < 1.29 is 0 Å². The lowest BCUT2D eigenvalue weighted by Gasteiger charge is -2.26. The van der Waals surface area contributed by atoms with E-state index in [0.29, 0.717) is 5.15 Å². The van der Waals surface area contributed by atoms with Crippen LogP contribution in [-0.4, -0.2) is 9.55 Å². The third-order valence-corrected chi connectivity index (χ3v) is 5.12. The predicted molar refractivity (Wildman–Crippen MR) is 98.6 cm³/mol. The molecule has 1 fully saturated rings. The quantitative estimate of drug-likeness (QED) is 0.600. The number of hydrogen-bond donors (Lipinski definition) is 0. The van der Waals surface area contributed by atoms with Crippen molar-refractivity contribution >= 4 is 22.5 Å². The number of aromatic nitrogens is 2. The second kappa shape index (κ2) is 6.40. The van der Waals surface area contributed by atoms with Crippen molar-refractivity contribution in [3.63, 3.8) is 0 Å². The van der Waals surface area contributed by atoms with Crippen molar-refractivity contribution in [1.29, 1.82) is 0 Å². The first-order valence-electron chi connectivity index (χ1n) is 8.50. The lowest BCUT2D eigenvalue weighted by Crippen LogP contribution is -2.28. The molecule has 0 aliphatic heterocycles. The van der Waals surface area contributed by atoms with E-state index >= 15 is 0 Å². The van der Waals surface area contributed by atoms with Crippen molar-refractivity contribution in [3.8, 4) is 11.1 Å². The van der Waals surface area contributed by atoms with E-state index in [-0.39, 0.29) is 11.6 Å². The van der Waals surface area contributed by atoms with Crippen LogP contribution in [0.4, 0.5) is 0 Å². The van der Waals surface area contributed by atoms with E-state index in [0.717, 1.165) is 34.9 Å². The summed E-state index contributed by atoms with van der Waals surface area (Å²) in [5, 5.41) is 1.39. The molecule has 2 aromatic heterocycles. The van der Waals surface area contributed by atoms with Gasteiger partial charge in [-0.3, -0.25) is 4.79 Å². The summed E-state index contributed by atoms with van der Waals surface area (Å²) in [7, 11) is 0. The molecule has 0 spiro atoms. The molecule has 4 rings (SSSR count). The highest BCUT2D eigenvalue weighted by Gasteiger charge is 2.21. The predicted octanol–water partition coefficient (Wildman–Crippen LogP) is 5.22. The van der Waals surface area contributed by atoms with Gasteiger partial charge in [0, 0.05) is 23.2 Å². The van der Waals surface area contributed by atoms with Crippen molar-refractivity contribution in [3.05, 3.63) is 64.2 Å². The number of nitrogens with zero attached hydrogens (tertiary/aromatic N) is 2. The van der Waals surface area contributed by atoms with Crippen LogP contribution in [0.15, 0.2) is 53.5 Å². The van der Waals surface area contributed by atoms with E-state index in [2.05, 4.69) is 4.98 Å². The molecule has 4 heteroatoms. The van der Waals surface area contributed by atoms with Crippen LogP contribution in [0.5, 0.6) is 0 Å². The highest BCUT2D eigenvalue weighted by molar-refractivity contribution is 6.30. The van der Waals surface area contributed by atoms with E-state index in [1.54, 1.807) is 6.20 Å². The van der Waals surface area contributed by atoms with Gasteiger partial charge >= 0.3 is 0 Å². The zero-order chi connectivity index (χ0) is 16.5. The lowest BCUT2D eigenvalue weighted by atomic mass is 9.94. The van der Waals surface area contributed by atoms with Gasteiger partial charge in [-0.15, -0.1) is 0 Å². The van der Waals surface area contributed by atoms with E-state index in [1.807, 2.05) is 47.0 Å². The van der Waals surface area contributed by atoms with Crippen molar-refractivity contribution in [2.24, 2.45) is 0 Å². The topological polar surface area (TPSA) is 34.9 Å². The Kier molecular flexibility index (Phi) is 4.11. The molecular formula is C20H19ClN2O. The Morgan fingerprint density at radius 1 is 1.04 bits per heavy atom. The van der Waals surface area contributed by atoms with Gasteiger partial charge in [0.15, 0.2) is 0 Å². The average Bonchev–Trinajstić information content (AvgIpc) is 2.63. The summed E-state index contributed by atoms with van der Waals surface area (Å²) in [5.41, 5.74) is 2.65. The first-order chi connectivity index (χ1) is 11.7. The van der Waals surface area contributed by atoms with Crippen LogP contribution in [0.3, 0.4) is 0 Å². The second-order valence-corrected chi connectivity index (χ2v) is 6.84. The minimum atomic E-state index is 0.0721. The highest BCUT2D eigenvalue weighted by atomic mass is 35.5. The Balaban J connectivity index is 2.01. The maximum Gasteiger partial charge on any atom is 0.259 e. The van der Waals surface area contributed by atoms with Crippen LogP contribution in [0, 0.1) is 0 Å². The van der Waals surface area contributed by atoms with Crippen LogP contribution in [0.25, 0.3) is 22.0 Å². The van der Waals surface area contributed by atoms with Gasteiger partial charge < -0.3 is 4.57 Å². The second-order valence-electron chi connectivity index (χ2n) is 6.46. The maximum absolute atomic E-state index is 13.3. The molecule has 24 heavy (non-hydrogen) atoms. The molecule has 0 N–H and O–H groups in total. The van der Waals surface area contributed by atoms with Gasteiger partial charge in [0.25, 0.3) is 5.56 Å². The van der Waals surface area contributed by atoms with Gasteiger partial charge in [-0.1, -0.05) is 61.2 Å². The SMILES string of the molecule is O=c1c(-c2ccccc2)cc2cnc(Cl)cc2n1C1CCCCC1. The molecule has 0 amide bonds. The van der Waals surface area contributed by atoms with Crippen molar-refractivity contribution in [2.45, 2.75) is 38.1 Å². The first kappa shape index (κ1) is 15.4. The van der Waals surface area contributed by atoms with Crippen LogP contribution >= 0.6 is 11.6 Å². The Morgan fingerprint density at radius 2 is 1.79 bits per heavy atom. The van der Waals surface area contributed by atoms with Crippen LogP contribution in [0.1, 0.15) is 38.1 Å². The van der Waals surface area contributed by atoms with Crippen molar-refractivity contribution in [2.75, 3.05) is 0 Å². The van der Waals surface area contributed by atoms with E-state index in [4.69, 9.17) is 11.6 Å².